The number of nitrogen functional groups attached to an aromatic ring is 1. The third-order valence-electron chi connectivity index (χ3n) is 2.76. The Morgan fingerprint density at radius 1 is 1.30 bits per heavy atom. The number of thioether (sulfide) groups is 1. The van der Waals surface area contributed by atoms with E-state index in [1.165, 1.54) is 24.9 Å². The summed E-state index contributed by atoms with van der Waals surface area (Å²) in [4.78, 5) is 0.797. The van der Waals surface area contributed by atoms with Gasteiger partial charge in [-0.2, -0.15) is 5.26 Å². The van der Waals surface area contributed by atoms with E-state index in [-0.39, 0.29) is 5.69 Å². The highest BCUT2D eigenvalue weighted by atomic mass is 32.2. The van der Waals surface area contributed by atoms with Gasteiger partial charge in [-0.1, -0.05) is 6.07 Å². The van der Waals surface area contributed by atoms with Gasteiger partial charge in [0.2, 0.25) is 0 Å². The van der Waals surface area contributed by atoms with Crippen LogP contribution in [0.5, 0.6) is 5.75 Å². The Hall–Kier alpha value is -2.19. The van der Waals surface area contributed by atoms with E-state index in [9.17, 15) is 4.39 Å². The summed E-state index contributed by atoms with van der Waals surface area (Å²) in [6, 6.07) is 12.3. The maximum Gasteiger partial charge on any atom is 0.147 e. The largest absolute Gasteiger partial charge is 0.495 e. The lowest BCUT2D eigenvalue weighted by atomic mass is 10.1. The second kappa shape index (κ2) is 6.31. The maximum atomic E-state index is 13.3. The smallest absolute Gasteiger partial charge is 0.147 e. The minimum Gasteiger partial charge on any atom is -0.495 e. The summed E-state index contributed by atoms with van der Waals surface area (Å²) in [6.07, 6.45) is 0. The van der Waals surface area contributed by atoms with Crippen LogP contribution in [0.2, 0.25) is 0 Å². The van der Waals surface area contributed by atoms with Gasteiger partial charge in [-0.05, 0) is 35.9 Å². The second-order valence-electron chi connectivity index (χ2n) is 4.12. The first-order valence-electron chi connectivity index (χ1n) is 5.89. The van der Waals surface area contributed by atoms with Gasteiger partial charge in [-0.25, -0.2) is 4.39 Å². The van der Waals surface area contributed by atoms with Crippen molar-refractivity contribution >= 4 is 17.4 Å². The Morgan fingerprint density at radius 3 is 2.75 bits per heavy atom. The molecule has 2 rings (SSSR count). The number of rotatable bonds is 4. The van der Waals surface area contributed by atoms with Gasteiger partial charge in [0.15, 0.2) is 0 Å². The molecular formula is C15H13FN2OS. The van der Waals surface area contributed by atoms with E-state index >= 15 is 0 Å². The van der Waals surface area contributed by atoms with Crippen molar-refractivity contribution in [2.75, 3.05) is 12.8 Å². The Kier molecular flexibility index (Phi) is 4.49. The first-order chi connectivity index (χ1) is 9.63. The van der Waals surface area contributed by atoms with Gasteiger partial charge in [-0.15, -0.1) is 11.8 Å². The highest BCUT2D eigenvalue weighted by molar-refractivity contribution is 7.98. The molecule has 0 spiro atoms. The van der Waals surface area contributed by atoms with Crippen molar-refractivity contribution in [1.29, 1.82) is 5.26 Å². The van der Waals surface area contributed by atoms with Gasteiger partial charge in [0.1, 0.15) is 17.6 Å². The van der Waals surface area contributed by atoms with Crippen LogP contribution in [0.15, 0.2) is 41.3 Å². The molecule has 20 heavy (non-hydrogen) atoms. The standard InChI is InChI=1S/C15H13FN2OS/c1-19-15-5-2-10(6-11(15)8-17)9-20-12-3-4-14(18)13(16)7-12/h2-7H,9,18H2,1H3. The van der Waals surface area contributed by atoms with Gasteiger partial charge in [0, 0.05) is 10.6 Å². The molecule has 2 aromatic rings. The number of hydrogen-bond acceptors (Lipinski definition) is 4. The van der Waals surface area contributed by atoms with Gasteiger partial charge >= 0.3 is 0 Å². The first kappa shape index (κ1) is 14.2. The molecule has 0 aromatic heterocycles. The van der Waals surface area contributed by atoms with Gasteiger partial charge in [-0.3, -0.25) is 0 Å². The third kappa shape index (κ3) is 3.22. The highest BCUT2D eigenvalue weighted by Crippen LogP contribution is 2.27. The van der Waals surface area contributed by atoms with Crippen LogP contribution in [0.3, 0.4) is 0 Å². The first-order valence-corrected chi connectivity index (χ1v) is 6.87. The summed E-state index contributed by atoms with van der Waals surface area (Å²) in [7, 11) is 1.53. The van der Waals surface area contributed by atoms with Crippen LogP contribution in [0.1, 0.15) is 11.1 Å². The molecule has 102 valence electrons. The Balaban J connectivity index is 2.11. The molecule has 0 unspecified atom stereocenters. The summed E-state index contributed by atoms with van der Waals surface area (Å²) >= 11 is 1.48. The van der Waals surface area contributed by atoms with E-state index in [0.29, 0.717) is 17.1 Å². The number of nitrogens with zero attached hydrogens (tertiary/aromatic N) is 1. The molecule has 0 saturated carbocycles. The molecular weight excluding hydrogens is 275 g/mol. The van der Waals surface area contributed by atoms with Crippen molar-refractivity contribution in [3.8, 4) is 11.8 Å². The van der Waals surface area contributed by atoms with Crippen molar-refractivity contribution in [3.63, 3.8) is 0 Å². The predicted molar refractivity (Wildman–Crippen MR) is 78.1 cm³/mol. The average molecular weight is 288 g/mol. The van der Waals surface area contributed by atoms with E-state index in [1.54, 1.807) is 24.3 Å². The third-order valence-corrected chi connectivity index (χ3v) is 3.83. The van der Waals surface area contributed by atoms with E-state index in [4.69, 9.17) is 15.7 Å². The summed E-state index contributed by atoms with van der Waals surface area (Å²) in [5, 5.41) is 9.03. The molecule has 0 atom stereocenters. The summed E-state index contributed by atoms with van der Waals surface area (Å²) in [5.74, 6) is 0.782. The highest BCUT2D eigenvalue weighted by Gasteiger charge is 2.05. The number of halogens is 1. The van der Waals surface area contributed by atoms with Crippen molar-refractivity contribution in [1.82, 2.24) is 0 Å². The minimum atomic E-state index is -0.414. The Labute approximate surface area is 121 Å². The van der Waals surface area contributed by atoms with Crippen LogP contribution in [-0.2, 0) is 5.75 Å². The molecule has 5 heteroatoms. The fourth-order valence-corrected chi connectivity index (χ4v) is 2.56. The number of benzene rings is 2. The lowest BCUT2D eigenvalue weighted by molar-refractivity contribution is 0.413. The monoisotopic (exact) mass is 288 g/mol. The van der Waals surface area contributed by atoms with Gasteiger partial charge < -0.3 is 10.5 Å². The SMILES string of the molecule is COc1ccc(CSc2ccc(N)c(F)c2)cc1C#N. The Morgan fingerprint density at radius 2 is 2.10 bits per heavy atom. The number of anilines is 1. The zero-order valence-electron chi connectivity index (χ0n) is 10.9. The Bertz CT molecular complexity index is 667. The number of nitriles is 1. The quantitative estimate of drug-likeness (QED) is 0.690. The van der Waals surface area contributed by atoms with Crippen molar-refractivity contribution in [2.45, 2.75) is 10.6 Å². The minimum absolute atomic E-state index is 0.144. The molecule has 0 fully saturated rings. The molecule has 0 aliphatic carbocycles. The molecule has 0 bridgehead atoms. The van der Waals surface area contributed by atoms with E-state index in [1.807, 2.05) is 6.07 Å². The van der Waals surface area contributed by atoms with E-state index < -0.39 is 5.82 Å². The normalized spacial score (nSPS) is 10.1. The molecule has 0 saturated heterocycles. The lowest BCUT2D eigenvalue weighted by Gasteiger charge is -2.06. The maximum absolute atomic E-state index is 13.3. The lowest BCUT2D eigenvalue weighted by Crippen LogP contribution is -1.91. The zero-order valence-corrected chi connectivity index (χ0v) is 11.7. The van der Waals surface area contributed by atoms with Crippen LogP contribution in [0, 0.1) is 17.1 Å². The fraction of sp³-hybridized carbons (Fsp3) is 0.133. The van der Waals surface area contributed by atoms with Crippen LogP contribution in [0.25, 0.3) is 0 Å². The van der Waals surface area contributed by atoms with E-state index in [2.05, 4.69) is 6.07 Å². The molecule has 2 N–H and O–H groups in total. The van der Waals surface area contributed by atoms with Crippen molar-refractivity contribution in [3.05, 3.63) is 53.3 Å². The molecule has 0 radical (unpaired) electrons. The molecule has 0 amide bonds. The molecule has 0 heterocycles. The van der Waals surface area contributed by atoms with E-state index in [0.717, 1.165) is 10.5 Å². The fourth-order valence-electron chi connectivity index (χ4n) is 1.70. The van der Waals surface area contributed by atoms with Crippen LogP contribution in [0.4, 0.5) is 10.1 Å². The number of hydrogen-bond donors (Lipinski definition) is 1. The number of methoxy groups -OCH3 is 1. The summed E-state index contributed by atoms with van der Waals surface area (Å²) in [6.45, 7) is 0. The van der Waals surface area contributed by atoms with Crippen LogP contribution >= 0.6 is 11.8 Å². The zero-order chi connectivity index (χ0) is 14.5. The molecule has 0 aliphatic heterocycles. The topological polar surface area (TPSA) is 59.0 Å². The number of nitrogens with two attached hydrogens (primary N) is 1. The van der Waals surface area contributed by atoms with Crippen LogP contribution < -0.4 is 10.5 Å². The van der Waals surface area contributed by atoms with Crippen molar-refractivity contribution < 1.29 is 9.13 Å². The second-order valence-corrected chi connectivity index (χ2v) is 5.17. The van der Waals surface area contributed by atoms with Gasteiger partial charge in [0.05, 0.1) is 18.4 Å². The molecule has 0 aliphatic rings. The summed E-state index contributed by atoms with van der Waals surface area (Å²) in [5.41, 5.74) is 7.05. The predicted octanol–water partition coefficient (Wildman–Crippen LogP) is 3.58. The summed E-state index contributed by atoms with van der Waals surface area (Å²) < 4.78 is 18.4. The average Bonchev–Trinajstić information content (AvgIpc) is 2.48. The van der Waals surface area contributed by atoms with Gasteiger partial charge in [0.25, 0.3) is 0 Å². The number of ether oxygens (including phenoxy) is 1. The molecule has 3 nitrogen and oxygen atoms in total. The van der Waals surface area contributed by atoms with Crippen LogP contribution in [-0.4, -0.2) is 7.11 Å². The molecule has 2 aromatic carbocycles. The van der Waals surface area contributed by atoms with Crippen molar-refractivity contribution in [2.24, 2.45) is 0 Å².